The van der Waals surface area contributed by atoms with E-state index in [1.54, 1.807) is 12.1 Å². The van der Waals surface area contributed by atoms with Crippen LogP contribution in [0.15, 0.2) is 12.1 Å². The second-order valence-corrected chi connectivity index (χ2v) is 5.50. The molecule has 1 aliphatic carbocycles. The topological polar surface area (TPSA) is 56.8 Å². The average molecular weight is 314 g/mol. The van der Waals surface area contributed by atoms with Gasteiger partial charge in [0.15, 0.2) is 11.5 Å². The highest BCUT2D eigenvalue weighted by Crippen LogP contribution is 2.46. The molecular formula is C15H20ClNO4. The molecule has 2 rings (SSSR count). The number of benzene rings is 1. The van der Waals surface area contributed by atoms with Crippen molar-refractivity contribution in [3.05, 3.63) is 17.7 Å². The molecule has 0 aromatic heterocycles. The molecule has 0 spiro atoms. The monoisotopic (exact) mass is 313 g/mol. The molecule has 1 amide bonds. The Balaban J connectivity index is 2.16. The summed E-state index contributed by atoms with van der Waals surface area (Å²) in [5.74, 6) is 1.78. The van der Waals surface area contributed by atoms with Gasteiger partial charge in [0.05, 0.1) is 21.3 Å². The van der Waals surface area contributed by atoms with E-state index in [0.29, 0.717) is 35.2 Å². The summed E-state index contributed by atoms with van der Waals surface area (Å²) in [6.07, 6.45) is 2.12. The third kappa shape index (κ3) is 3.35. The lowest BCUT2D eigenvalue weighted by atomic mass is 10.1. The van der Waals surface area contributed by atoms with Gasteiger partial charge in [0.1, 0.15) is 0 Å². The highest BCUT2D eigenvalue weighted by Gasteiger charge is 2.41. The van der Waals surface area contributed by atoms with Gasteiger partial charge in [-0.25, -0.2) is 0 Å². The van der Waals surface area contributed by atoms with Gasteiger partial charge in [-0.1, -0.05) is 0 Å². The molecule has 1 fully saturated rings. The van der Waals surface area contributed by atoms with Gasteiger partial charge in [0.2, 0.25) is 5.75 Å². The van der Waals surface area contributed by atoms with E-state index in [-0.39, 0.29) is 11.3 Å². The van der Waals surface area contributed by atoms with E-state index in [2.05, 4.69) is 5.32 Å². The van der Waals surface area contributed by atoms with Crippen molar-refractivity contribution in [3.63, 3.8) is 0 Å². The standard InChI is InChI=1S/C15H20ClNO4/c1-19-11-6-10(7-12(20-2)13(11)21-3)14(18)17-9-15(8-16)4-5-15/h6-7H,4-5,8-9H2,1-3H3,(H,17,18). The van der Waals surface area contributed by atoms with Gasteiger partial charge in [-0.3, -0.25) is 4.79 Å². The quantitative estimate of drug-likeness (QED) is 0.786. The molecule has 0 bridgehead atoms. The summed E-state index contributed by atoms with van der Waals surface area (Å²) in [4.78, 5) is 12.3. The van der Waals surface area contributed by atoms with Crippen molar-refractivity contribution in [3.8, 4) is 17.2 Å². The summed E-state index contributed by atoms with van der Waals surface area (Å²) in [6.45, 7) is 0.589. The maximum Gasteiger partial charge on any atom is 0.251 e. The summed E-state index contributed by atoms with van der Waals surface area (Å²) < 4.78 is 15.7. The molecule has 1 aromatic carbocycles. The number of amides is 1. The number of carbonyl (C=O) groups is 1. The Morgan fingerprint density at radius 1 is 1.19 bits per heavy atom. The smallest absolute Gasteiger partial charge is 0.251 e. The number of methoxy groups -OCH3 is 3. The molecule has 0 saturated heterocycles. The molecule has 1 aliphatic rings. The highest BCUT2D eigenvalue weighted by molar-refractivity contribution is 6.18. The minimum absolute atomic E-state index is 0.0812. The minimum atomic E-state index is -0.175. The molecule has 1 N–H and O–H groups in total. The number of hydrogen-bond donors (Lipinski definition) is 1. The lowest BCUT2D eigenvalue weighted by Crippen LogP contribution is -2.31. The number of alkyl halides is 1. The van der Waals surface area contributed by atoms with E-state index < -0.39 is 0 Å². The van der Waals surface area contributed by atoms with Crippen LogP contribution in [-0.4, -0.2) is 39.7 Å². The van der Waals surface area contributed by atoms with Crippen molar-refractivity contribution in [1.29, 1.82) is 0 Å². The number of rotatable bonds is 7. The van der Waals surface area contributed by atoms with Crippen LogP contribution in [0.3, 0.4) is 0 Å². The van der Waals surface area contributed by atoms with Crippen LogP contribution >= 0.6 is 11.6 Å². The van der Waals surface area contributed by atoms with Gasteiger partial charge in [-0.2, -0.15) is 0 Å². The lowest BCUT2D eigenvalue weighted by Gasteiger charge is -2.15. The number of nitrogens with one attached hydrogen (secondary N) is 1. The third-order valence-corrected chi connectivity index (χ3v) is 4.36. The predicted octanol–water partition coefficient (Wildman–Crippen LogP) is 2.46. The van der Waals surface area contributed by atoms with Crippen LogP contribution in [-0.2, 0) is 0 Å². The summed E-state index contributed by atoms with van der Waals surface area (Å²) >= 11 is 5.91. The van der Waals surface area contributed by atoms with Crippen molar-refractivity contribution < 1.29 is 19.0 Å². The van der Waals surface area contributed by atoms with Crippen molar-refractivity contribution in [2.24, 2.45) is 5.41 Å². The van der Waals surface area contributed by atoms with Crippen LogP contribution in [0.25, 0.3) is 0 Å². The normalized spacial score (nSPS) is 15.2. The number of ether oxygens (including phenoxy) is 3. The molecule has 0 unspecified atom stereocenters. The van der Waals surface area contributed by atoms with E-state index in [4.69, 9.17) is 25.8 Å². The second-order valence-electron chi connectivity index (χ2n) is 5.23. The largest absolute Gasteiger partial charge is 0.493 e. The molecule has 0 heterocycles. The highest BCUT2D eigenvalue weighted by atomic mass is 35.5. The molecule has 1 saturated carbocycles. The Hall–Kier alpha value is -1.62. The molecule has 116 valence electrons. The molecular weight excluding hydrogens is 294 g/mol. The first-order valence-electron chi connectivity index (χ1n) is 6.73. The van der Waals surface area contributed by atoms with Crippen LogP contribution in [0.1, 0.15) is 23.2 Å². The van der Waals surface area contributed by atoms with Gasteiger partial charge in [0.25, 0.3) is 5.91 Å². The van der Waals surface area contributed by atoms with E-state index in [1.165, 1.54) is 21.3 Å². The third-order valence-electron chi connectivity index (χ3n) is 3.79. The van der Waals surface area contributed by atoms with Crippen LogP contribution in [0.2, 0.25) is 0 Å². The van der Waals surface area contributed by atoms with Crippen molar-refractivity contribution in [2.75, 3.05) is 33.8 Å². The zero-order chi connectivity index (χ0) is 15.5. The predicted molar refractivity (Wildman–Crippen MR) is 80.8 cm³/mol. The average Bonchev–Trinajstić information content (AvgIpc) is 3.31. The van der Waals surface area contributed by atoms with Gasteiger partial charge < -0.3 is 19.5 Å². The van der Waals surface area contributed by atoms with Crippen LogP contribution in [0.5, 0.6) is 17.2 Å². The Labute approximate surface area is 129 Å². The Kier molecular flexibility index (Phi) is 4.83. The Morgan fingerprint density at radius 2 is 1.76 bits per heavy atom. The Bertz CT molecular complexity index is 503. The Morgan fingerprint density at radius 3 is 2.14 bits per heavy atom. The molecule has 0 atom stereocenters. The van der Waals surface area contributed by atoms with Gasteiger partial charge >= 0.3 is 0 Å². The first-order chi connectivity index (χ1) is 10.1. The van der Waals surface area contributed by atoms with Gasteiger partial charge in [-0.15, -0.1) is 11.6 Å². The van der Waals surface area contributed by atoms with Gasteiger partial charge in [0, 0.05) is 23.4 Å². The summed E-state index contributed by atoms with van der Waals surface area (Å²) in [5, 5.41) is 2.92. The van der Waals surface area contributed by atoms with Crippen molar-refractivity contribution in [2.45, 2.75) is 12.8 Å². The van der Waals surface area contributed by atoms with Gasteiger partial charge in [-0.05, 0) is 25.0 Å². The summed E-state index contributed by atoms with van der Waals surface area (Å²) in [7, 11) is 4.56. The summed E-state index contributed by atoms with van der Waals surface area (Å²) in [5.41, 5.74) is 0.549. The first kappa shape index (κ1) is 15.8. The van der Waals surface area contributed by atoms with E-state index in [9.17, 15) is 4.79 Å². The summed E-state index contributed by atoms with van der Waals surface area (Å²) in [6, 6.07) is 3.27. The maximum atomic E-state index is 12.3. The molecule has 21 heavy (non-hydrogen) atoms. The zero-order valence-corrected chi connectivity index (χ0v) is 13.3. The number of halogens is 1. The molecule has 0 radical (unpaired) electrons. The fraction of sp³-hybridized carbons (Fsp3) is 0.533. The van der Waals surface area contributed by atoms with Crippen LogP contribution in [0.4, 0.5) is 0 Å². The molecule has 5 nitrogen and oxygen atoms in total. The maximum absolute atomic E-state index is 12.3. The fourth-order valence-corrected chi connectivity index (χ4v) is 2.48. The lowest BCUT2D eigenvalue weighted by molar-refractivity contribution is 0.0945. The SMILES string of the molecule is COc1cc(C(=O)NCC2(CCl)CC2)cc(OC)c1OC. The van der Waals surface area contributed by atoms with Crippen molar-refractivity contribution >= 4 is 17.5 Å². The number of carbonyl (C=O) groups excluding carboxylic acids is 1. The zero-order valence-electron chi connectivity index (χ0n) is 12.5. The van der Waals surface area contributed by atoms with E-state index in [1.807, 2.05) is 0 Å². The molecule has 0 aliphatic heterocycles. The fourth-order valence-electron chi connectivity index (χ4n) is 2.12. The second kappa shape index (κ2) is 6.43. The molecule has 6 heteroatoms. The minimum Gasteiger partial charge on any atom is -0.493 e. The molecule has 1 aromatic rings. The van der Waals surface area contributed by atoms with Crippen LogP contribution in [0, 0.1) is 5.41 Å². The van der Waals surface area contributed by atoms with Crippen molar-refractivity contribution in [1.82, 2.24) is 5.32 Å². The number of hydrogen-bond acceptors (Lipinski definition) is 4. The first-order valence-corrected chi connectivity index (χ1v) is 7.27. The van der Waals surface area contributed by atoms with Crippen LogP contribution < -0.4 is 19.5 Å². The van der Waals surface area contributed by atoms with E-state index in [0.717, 1.165) is 12.8 Å². The van der Waals surface area contributed by atoms with E-state index >= 15 is 0 Å².